The van der Waals surface area contributed by atoms with E-state index in [9.17, 15) is 9.59 Å². The van der Waals surface area contributed by atoms with Crippen molar-refractivity contribution < 1.29 is 19.1 Å². The van der Waals surface area contributed by atoms with Crippen molar-refractivity contribution in [1.29, 1.82) is 0 Å². The van der Waals surface area contributed by atoms with E-state index in [-0.39, 0.29) is 30.0 Å². The highest BCUT2D eigenvalue weighted by Gasteiger charge is 2.43. The highest BCUT2D eigenvalue weighted by Crippen LogP contribution is 2.38. The van der Waals surface area contributed by atoms with Crippen molar-refractivity contribution in [2.75, 3.05) is 6.54 Å². The number of carbonyl (C=O) groups is 2. The lowest BCUT2D eigenvalue weighted by Crippen LogP contribution is -2.44. The Labute approximate surface area is 103 Å². The third-order valence-electron chi connectivity index (χ3n) is 3.59. The molecule has 1 aliphatic rings. The molecule has 1 saturated heterocycles. The Bertz CT molecular complexity index is 335. The summed E-state index contributed by atoms with van der Waals surface area (Å²) in [5, 5.41) is 8.88. The van der Waals surface area contributed by atoms with Crippen molar-refractivity contribution in [3.8, 4) is 0 Å². The van der Waals surface area contributed by atoms with Gasteiger partial charge in [-0.2, -0.15) is 0 Å². The SMILES string of the molecule is CC(C)(C)[Si](C)(C)O[C@H]1CC(=O)N(C(=O)O)C1. The van der Waals surface area contributed by atoms with Gasteiger partial charge < -0.3 is 9.53 Å². The molecule has 1 rings (SSSR count). The number of nitrogens with zero attached hydrogens (tertiary/aromatic N) is 1. The third kappa shape index (κ3) is 3.07. The molecule has 1 aliphatic heterocycles. The average Bonchev–Trinajstić information content (AvgIpc) is 2.43. The van der Waals surface area contributed by atoms with Crippen molar-refractivity contribution in [1.82, 2.24) is 4.90 Å². The van der Waals surface area contributed by atoms with E-state index in [2.05, 4.69) is 33.9 Å². The number of hydrogen-bond acceptors (Lipinski definition) is 3. The standard InChI is InChI=1S/C11H21NO4Si/c1-11(2,3)17(4,5)16-8-6-9(13)12(7-8)10(14)15/h8H,6-7H2,1-5H3,(H,14,15)/t8-/m0/s1. The highest BCUT2D eigenvalue weighted by atomic mass is 28.4. The summed E-state index contributed by atoms with van der Waals surface area (Å²) in [5.74, 6) is -0.360. The summed E-state index contributed by atoms with van der Waals surface area (Å²) >= 11 is 0. The number of carbonyl (C=O) groups excluding carboxylic acids is 1. The van der Waals surface area contributed by atoms with Gasteiger partial charge in [-0.15, -0.1) is 0 Å². The van der Waals surface area contributed by atoms with Crippen LogP contribution >= 0.6 is 0 Å². The van der Waals surface area contributed by atoms with Crippen LogP contribution in [0, 0.1) is 0 Å². The zero-order valence-corrected chi connectivity index (χ0v) is 12.1. The van der Waals surface area contributed by atoms with Gasteiger partial charge in [0.2, 0.25) is 5.91 Å². The molecule has 0 aromatic carbocycles. The monoisotopic (exact) mass is 259 g/mol. The van der Waals surface area contributed by atoms with Crippen molar-refractivity contribution in [3.05, 3.63) is 0 Å². The number of likely N-dealkylation sites (tertiary alicyclic amines) is 1. The van der Waals surface area contributed by atoms with E-state index in [0.29, 0.717) is 0 Å². The average molecular weight is 259 g/mol. The van der Waals surface area contributed by atoms with Crippen LogP contribution in [0.4, 0.5) is 4.79 Å². The molecular weight excluding hydrogens is 238 g/mol. The first-order valence-corrected chi connectivity index (χ1v) is 8.66. The maximum absolute atomic E-state index is 11.4. The molecule has 98 valence electrons. The van der Waals surface area contributed by atoms with Crippen LogP contribution in [0.3, 0.4) is 0 Å². The lowest BCUT2D eigenvalue weighted by Gasteiger charge is -2.38. The minimum Gasteiger partial charge on any atom is -0.465 e. The predicted molar refractivity (Wildman–Crippen MR) is 66.4 cm³/mol. The van der Waals surface area contributed by atoms with Gasteiger partial charge in [-0.05, 0) is 18.1 Å². The lowest BCUT2D eigenvalue weighted by atomic mass is 10.2. The third-order valence-corrected chi connectivity index (χ3v) is 8.12. The molecule has 0 radical (unpaired) electrons. The summed E-state index contributed by atoms with van der Waals surface area (Å²) in [6.45, 7) is 10.7. The van der Waals surface area contributed by atoms with Gasteiger partial charge >= 0.3 is 6.09 Å². The molecule has 1 N–H and O–H groups in total. The first-order chi connectivity index (χ1) is 7.54. The second-order valence-corrected chi connectivity index (χ2v) is 10.7. The molecule has 5 nitrogen and oxygen atoms in total. The molecular formula is C11H21NO4Si. The summed E-state index contributed by atoms with van der Waals surface area (Å²) in [4.78, 5) is 23.1. The molecule has 1 fully saturated rings. The van der Waals surface area contributed by atoms with Crippen molar-refractivity contribution in [3.63, 3.8) is 0 Å². The lowest BCUT2D eigenvalue weighted by molar-refractivity contribution is -0.126. The molecule has 0 aromatic heterocycles. The largest absolute Gasteiger partial charge is 0.465 e. The van der Waals surface area contributed by atoms with Crippen molar-refractivity contribution in [2.24, 2.45) is 0 Å². The summed E-state index contributed by atoms with van der Waals surface area (Å²) in [6.07, 6.45) is -1.28. The van der Waals surface area contributed by atoms with E-state index in [1.165, 1.54) is 0 Å². The highest BCUT2D eigenvalue weighted by molar-refractivity contribution is 6.74. The van der Waals surface area contributed by atoms with E-state index in [1.807, 2.05) is 0 Å². The molecule has 1 heterocycles. The zero-order chi connectivity index (χ0) is 13.4. The molecule has 0 unspecified atom stereocenters. The van der Waals surface area contributed by atoms with Gasteiger partial charge in [0.05, 0.1) is 19.1 Å². The first kappa shape index (κ1) is 14.2. The fourth-order valence-electron chi connectivity index (χ4n) is 1.53. The fourth-order valence-corrected chi connectivity index (χ4v) is 2.88. The van der Waals surface area contributed by atoms with E-state index in [0.717, 1.165) is 4.90 Å². The molecule has 0 aliphatic carbocycles. The van der Waals surface area contributed by atoms with E-state index in [4.69, 9.17) is 9.53 Å². The Morgan fingerprint density at radius 2 is 2.00 bits per heavy atom. The summed E-state index contributed by atoms with van der Waals surface area (Å²) < 4.78 is 6.03. The molecule has 0 spiro atoms. The molecule has 6 heteroatoms. The Morgan fingerprint density at radius 3 is 2.35 bits per heavy atom. The minimum atomic E-state index is -1.94. The number of hydrogen-bond donors (Lipinski definition) is 1. The first-order valence-electron chi connectivity index (χ1n) is 5.76. The number of amides is 2. The van der Waals surface area contributed by atoms with Crippen LogP contribution in [0.2, 0.25) is 18.1 Å². The summed E-state index contributed by atoms with van der Waals surface area (Å²) in [7, 11) is -1.94. The van der Waals surface area contributed by atoms with Crippen molar-refractivity contribution in [2.45, 2.75) is 51.4 Å². The molecule has 0 saturated carbocycles. The molecule has 0 aromatic rings. The number of rotatable bonds is 2. The molecule has 17 heavy (non-hydrogen) atoms. The van der Waals surface area contributed by atoms with Gasteiger partial charge in [-0.3, -0.25) is 4.79 Å². The second-order valence-electron chi connectivity index (χ2n) is 5.99. The predicted octanol–water partition coefficient (Wildman–Crippen LogP) is 2.29. The minimum absolute atomic E-state index is 0.0622. The van der Waals surface area contributed by atoms with Crippen molar-refractivity contribution >= 4 is 20.3 Å². The topological polar surface area (TPSA) is 66.8 Å². The van der Waals surface area contributed by atoms with Crippen LogP contribution in [-0.4, -0.2) is 43.0 Å². The summed E-state index contributed by atoms with van der Waals surface area (Å²) in [6, 6.07) is 0. The van der Waals surface area contributed by atoms with Gasteiger partial charge in [0, 0.05) is 0 Å². The smallest absolute Gasteiger partial charge is 0.414 e. The Hall–Kier alpha value is -0.883. The van der Waals surface area contributed by atoms with Crippen LogP contribution in [0.5, 0.6) is 0 Å². The van der Waals surface area contributed by atoms with Gasteiger partial charge in [0.25, 0.3) is 0 Å². The Morgan fingerprint density at radius 1 is 1.47 bits per heavy atom. The zero-order valence-electron chi connectivity index (χ0n) is 11.1. The van der Waals surface area contributed by atoms with Crippen LogP contribution in [0.25, 0.3) is 0 Å². The van der Waals surface area contributed by atoms with E-state index < -0.39 is 14.4 Å². The van der Waals surface area contributed by atoms with Gasteiger partial charge in [-0.25, -0.2) is 9.69 Å². The van der Waals surface area contributed by atoms with Gasteiger partial charge in [0.1, 0.15) is 0 Å². The quantitative estimate of drug-likeness (QED) is 0.773. The van der Waals surface area contributed by atoms with Gasteiger partial charge in [0.15, 0.2) is 8.32 Å². The van der Waals surface area contributed by atoms with Crippen LogP contribution < -0.4 is 0 Å². The number of imide groups is 1. The fraction of sp³-hybridized carbons (Fsp3) is 0.818. The summed E-state index contributed by atoms with van der Waals surface area (Å²) in [5.41, 5.74) is 0. The second kappa shape index (κ2) is 4.42. The van der Waals surface area contributed by atoms with E-state index in [1.54, 1.807) is 0 Å². The molecule has 1 atom stereocenters. The van der Waals surface area contributed by atoms with Crippen LogP contribution in [0.15, 0.2) is 0 Å². The number of carboxylic acid groups (broad SMARTS) is 1. The molecule has 0 bridgehead atoms. The Kier molecular flexibility index (Phi) is 3.68. The molecule has 2 amide bonds. The maximum Gasteiger partial charge on any atom is 0.414 e. The Balaban J connectivity index is 2.68. The van der Waals surface area contributed by atoms with Crippen LogP contribution in [-0.2, 0) is 9.22 Å². The van der Waals surface area contributed by atoms with Crippen LogP contribution in [0.1, 0.15) is 27.2 Å². The maximum atomic E-state index is 11.4. The van der Waals surface area contributed by atoms with Gasteiger partial charge in [-0.1, -0.05) is 20.8 Å². The van der Waals surface area contributed by atoms with E-state index >= 15 is 0 Å². The normalized spacial score (nSPS) is 22.1.